The van der Waals surface area contributed by atoms with Gasteiger partial charge in [-0.1, -0.05) is 23.2 Å². The molecular formula is C11H7Cl2FN2. The predicted octanol–water partition coefficient (Wildman–Crippen LogP) is 4.27. The van der Waals surface area contributed by atoms with Crippen LogP contribution in [-0.2, 0) is 0 Å². The first kappa shape index (κ1) is 11.2. The van der Waals surface area contributed by atoms with Gasteiger partial charge in [-0.05, 0) is 30.3 Å². The van der Waals surface area contributed by atoms with Crippen LogP contribution in [0.1, 0.15) is 0 Å². The van der Waals surface area contributed by atoms with Crippen molar-refractivity contribution in [2.75, 3.05) is 5.32 Å². The van der Waals surface area contributed by atoms with Gasteiger partial charge in [0.15, 0.2) is 0 Å². The predicted molar refractivity (Wildman–Crippen MR) is 63.9 cm³/mol. The van der Waals surface area contributed by atoms with Crippen LogP contribution < -0.4 is 5.32 Å². The van der Waals surface area contributed by atoms with Gasteiger partial charge in [-0.25, -0.2) is 9.37 Å². The molecule has 0 amide bonds. The van der Waals surface area contributed by atoms with Crippen LogP contribution in [0.5, 0.6) is 0 Å². The van der Waals surface area contributed by atoms with Crippen LogP contribution in [-0.4, -0.2) is 4.98 Å². The van der Waals surface area contributed by atoms with Gasteiger partial charge in [0.05, 0.1) is 5.02 Å². The average Bonchev–Trinajstić information content (AvgIpc) is 2.20. The zero-order chi connectivity index (χ0) is 11.5. The van der Waals surface area contributed by atoms with Gasteiger partial charge >= 0.3 is 0 Å². The normalized spacial score (nSPS) is 10.2. The van der Waals surface area contributed by atoms with Crippen molar-refractivity contribution >= 4 is 34.7 Å². The van der Waals surface area contributed by atoms with E-state index in [1.807, 2.05) is 0 Å². The highest BCUT2D eigenvalue weighted by Crippen LogP contribution is 2.21. The number of hydrogen-bond donors (Lipinski definition) is 1. The molecule has 16 heavy (non-hydrogen) atoms. The molecule has 1 aromatic heterocycles. The molecule has 1 heterocycles. The zero-order valence-electron chi connectivity index (χ0n) is 8.05. The summed E-state index contributed by atoms with van der Waals surface area (Å²) < 4.78 is 13.0. The standard InChI is InChI=1S/C11H7Cl2FN2/c12-7-1-2-11(15-6-7)16-10-4-8(13)3-9(14)5-10/h1-6H,(H,15,16). The van der Waals surface area contributed by atoms with Crippen molar-refractivity contribution in [1.82, 2.24) is 4.98 Å². The van der Waals surface area contributed by atoms with Crippen molar-refractivity contribution in [2.45, 2.75) is 0 Å². The zero-order valence-corrected chi connectivity index (χ0v) is 9.56. The highest BCUT2D eigenvalue weighted by Gasteiger charge is 2.00. The van der Waals surface area contributed by atoms with Crippen LogP contribution in [0.3, 0.4) is 0 Å². The van der Waals surface area contributed by atoms with E-state index < -0.39 is 5.82 Å². The van der Waals surface area contributed by atoms with Gasteiger partial charge < -0.3 is 5.32 Å². The lowest BCUT2D eigenvalue weighted by Crippen LogP contribution is -1.93. The highest BCUT2D eigenvalue weighted by molar-refractivity contribution is 6.31. The quantitative estimate of drug-likeness (QED) is 0.868. The lowest BCUT2D eigenvalue weighted by atomic mass is 10.3. The topological polar surface area (TPSA) is 24.9 Å². The minimum atomic E-state index is -0.399. The molecule has 0 unspecified atom stereocenters. The van der Waals surface area contributed by atoms with E-state index in [-0.39, 0.29) is 0 Å². The first-order chi connectivity index (χ1) is 7.63. The molecule has 0 fully saturated rings. The lowest BCUT2D eigenvalue weighted by Gasteiger charge is -2.05. The van der Waals surface area contributed by atoms with Gasteiger partial charge in [-0.2, -0.15) is 0 Å². The van der Waals surface area contributed by atoms with E-state index in [0.29, 0.717) is 21.6 Å². The van der Waals surface area contributed by atoms with Crippen molar-refractivity contribution < 1.29 is 4.39 Å². The van der Waals surface area contributed by atoms with E-state index in [1.54, 1.807) is 18.2 Å². The number of benzene rings is 1. The smallest absolute Gasteiger partial charge is 0.130 e. The van der Waals surface area contributed by atoms with E-state index in [0.717, 1.165) is 0 Å². The highest BCUT2D eigenvalue weighted by atomic mass is 35.5. The van der Waals surface area contributed by atoms with Gasteiger partial charge in [-0.3, -0.25) is 0 Å². The van der Waals surface area contributed by atoms with Crippen molar-refractivity contribution in [3.63, 3.8) is 0 Å². The van der Waals surface area contributed by atoms with Crippen LogP contribution in [0.25, 0.3) is 0 Å². The minimum absolute atomic E-state index is 0.330. The molecule has 0 saturated carbocycles. The third-order valence-electron chi connectivity index (χ3n) is 1.86. The molecule has 0 saturated heterocycles. The number of nitrogens with one attached hydrogen (secondary N) is 1. The Labute approximate surface area is 102 Å². The summed E-state index contributed by atoms with van der Waals surface area (Å²) in [6.45, 7) is 0. The number of pyridine rings is 1. The Morgan fingerprint density at radius 3 is 2.50 bits per heavy atom. The van der Waals surface area contributed by atoms with Crippen LogP contribution in [0.15, 0.2) is 36.5 Å². The molecular weight excluding hydrogens is 250 g/mol. The van der Waals surface area contributed by atoms with E-state index in [1.165, 1.54) is 18.3 Å². The maximum Gasteiger partial charge on any atom is 0.130 e. The molecule has 0 aliphatic heterocycles. The van der Waals surface area contributed by atoms with E-state index in [4.69, 9.17) is 23.2 Å². The first-order valence-electron chi connectivity index (χ1n) is 4.48. The summed E-state index contributed by atoms with van der Waals surface area (Å²) in [5, 5.41) is 3.79. The average molecular weight is 257 g/mol. The Kier molecular flexibility index (Phi) is 3.27. The molecule has 0 radical (unpaired) electrons. The van der Waals surface area contributed by atoms with Gasteiger partial charge in [0, 0.05) is 16.9 Å². The molecule has 2 nitrogen and oxygen atoms in total. The Morgan fingerprint density at radius 1 is 1.06 bits per heavy atom. The maximum atomic E-state index is 13.0. The second-order valence-corrected chi connectivity index (χ2v) is 4.02. The third-order valence-corrected chi connectivity index (χ3v) is 2.30. The fraction of sp³-hybridized carbons (Fsp3) is 0. The molecule has 0 aliphatic rings. The van der Waals surface area contributed by atoms with Gasteiger partial charge in [0.2, 0.25) is 0 Å². The van der Waals surface area contributed by atoms with Crippen LogP contribution in [0, 0.1) is 5.82 Å². The lowest BCUT2D eigenvalue weighted by molar-refractivity contribution is 0.628. The molecule has 0 bridgehead atoms. The number of rotatable bonds is 2. The molecule has 0 atom stereocenters. The molecule has 1 N–H and O–H groups in total. The summed E-state index contributed by atoms with van der Waals surface area (Å²) in [7, 11) is 0. The van der Waals surface area contributed by atoms with E-state index in [2.05, 4.69) is 10.3 Å². The molecule has 0 aliphatic carbocycles. The van der Waals surface area contributed by atoms with Gasteiger partial charge in [0.25, 0.3) is 0 Å². The van der Waals surface area contributed by atoms with Gasteiger partial charge in [0.1, 0.15) is 11.6 Å². The molecule has 2 rings (SSSR count). The Morgan fingerprint density at radius 2 is 1.88 bits per heavy atom. The third kappa shape index (κ3) is 2.84. The molecule has 0 spiro atoms. The number of aromatic nitrogens is 1. The van der Waals surface area contributed by atoms with Crippen molar-refractivity contribution in [1.29, 1.82) is 0 Å². The fourth-order valence-electron chi connectivity index (χ4n) is 1.22. The van der Waals surface area contributed by atoms with E-state index >= 15 is 0 Å². The largest absolute Gasteiger partial charge is 0.340 e. The van der Waals surface area contributed by atoms with Crippen molar-refractivity contribution in [3.05, 3.63) is 52.4 Å². The van der Waals surface area contributed by atoms with E-state index in [9.17, 15) is 4.39 Å². The van der Waals surface area contributed by atoms with Crippen molar-refractivity contribution in [3.8, 4) is 0 Å². The van der Waals surface area contributed by atoms with Gasteiger partial charge in [-0.15, -0.1) is 0 Å². The summed E-state index contributed by atoms with van der Waals surface area (Å²) >= 11 is 11.4. The number of halogens is 3. The Balaban J connectivity index is 2.23. The molecule has 1 aromatic carbocycles. The Bertz CT molecular complexity index is 480. The maximum absolute atomic E-state index is 13.0. The first-order valence-corrected chi connectivity index (χ1v) is 5.24. The second kappa shape index (κ2) is 4.68. The summed E-state index contributed by atoms with van der Waals surface area (Å²) in [6.07, 6.45) is 1.50. The number of anilines is 2. The SMILES string of the molecule is Fc1cc(Cl)cc(Nc2ccc(Cl)cn2)c1. The summed E-state index contributed by atoms with van der Waals surface area (Å²) in [4.78, 5) is 4.02. The summed E-state index contributed by atoms with van der Waals surface area (Å²) in [5.74, 6) is 0.176. The number of nitrogens with zero attached hydrogens (tertiary/aromatic N) is 1. The molecule has 2 aromatic rings. The monoisotopic (exact) mass is 256 g/mol. The Hall–Kier alpha value is -1.32. The minimum Gasteiger partial charge on any atom is -0.340 e. The van der Waals surface area contributed by atoms with Crippen LogP contribution >= 0.6 is 23.2 Å². The van der Waals surface area contributed by atoms with Crippen LogP contribution in [0.2, 0.25) is 10.0 Å². The summed E-state index contributed by atoms with van der Waals surface area (Å²) in [5.41, 5.74) is 0.542. The van der Waals surface area contributed by atoms with Crippen molar-refractivity contribution in [2.24, 2.45) is 0 Å². The molecule has 82 valence electrons. The molecule has 5 heteroatoms. The van der Waals surface area contributed by atoms with Crippen LogP contribution in [0.4, 0.5) is 15.9 Å². The fourth-order valence-corrected chi connectivity index (χ4v) is 1.56. The second-order valence-electron chi connectivity index (χ2n) is 3.14. The number of hydrogen-bond acceptors (Lipinski definition) is 2. The summed E-state index contributed by atoms with van der Waals surface area (Å²) in [6, 6.07) is 7.57.